The third-order valence-electron chi connectivity index (χ3n) is 1.47. The van der Waals surface area contributed by atoms with E-state index in [4.69, 9.17) is 28.2 Å². The van der Waals surface area contributed by atoms with E-state index in [0.717, 1.165) is 6.07 Å². The van der Waals surface area contributed by atoms with Crippen LogP contribution in [0.15, 0.2) is 6.07 Å². The molecule has 0 unspecified atom stereocenters. The van der Waals surface area contributed by atoms with Crippen molar-refractivity contribution < 1.29 is 14.7 Å². The monoisotopic (exact) mass is 215 g/mol. The Morgan fingerprint density at radius 3 is 2.50 bits per heavy atom. The minimum atomic E-state index is -1.32. The number of primary amides is 1. The topological polar surface area (TPSA) is 119 Å². The Kier molecular flexibility index (Phi) is 2.57. The molecule has 0 atom stereocenters. The van der Waals surface area contributed by atoms with Gasteiger partial charge < -0.3 is 16.6 Å². The molecule has 5 N–H and O–H groups in total. The molecular weight excluding hydrogens is 210 g/mol. The maximum Gasteiger partial charge on any atom is 0.356 e. The van der Waals surface area contributed by atoms with Crippen LogP contribution in [0, 0.1) is 0 Å². The summed E-state index contributed by atoms with van der Waals surface area (Å²) in [6.07, 6.45) is 0. The Morgan fingerprint density at radius 1 is 1.50 bits per heavy atom. The minimum absolute atomic E-state index is 0.0972. The quantitative estimate of drug-likeness (QED) is 0.647. The summed E-state index contributed by atoms with van der Waals surface area (Å²) in [5.74, 6) is -2.38. The molecule has 1 aromatic rings. The van der Waals surface area contributed by atoms with E-state index in [9.17, 15) is 9.59 Å². The summed E-state index contributed by atoms with van der Waals surface area (Å²) in [6.45, 7) is 0. The fourth-order valence-electron chi connectivity index (χ4n) is 0.850. The summed E-state index contributed by atoms with van der Waals surface area (Å²) in [5.41, 5.74) is 9.73. The molecule has 0 spiro atoms. The van der Waals surface area contributed by atoms with Crippen molar-refractivity contribution in [3.63, 3.8) is 0 Å². The van der Waals surface area contributed by atoms with E-state index < -0.39 is 17.6 Å². The van der Waals surface area contributed by atoms with Crippen LogP contribution in [-0.2, 0) is 0 Å². The first-order chi connectivity index (χ1) is 6.43. The van der Waals surface area contributed by atoms with Gasteiger partial charge >= 0.3 is 5.97 Å². The highest BCUT2D eigenvalue weighted by Crippen LogP contribution is 2.19. The van der Waals surface area contributed by atoms with Crippen LogP contribution in [0.5, 0.6) is 0 Å². The second-order valence-corrected chi connectivity index (χ2v) is 2.83. The summed E-state index contributed by atoms with van der Waals surface area (Å²) >= 11 is 5.53. The lowest BCUT2D eigenvalue weighted by Crippen LogP contribution is -2.16. The van der Waals surface area contributed by atoms with Crippen LogP contribution in [-0.4, -0.2) is 22.0 Å². The summed E-state index contributed by atoms with van der Waals surface area (Å²) in [7, 11) is 0. The number of carbonyl (C=O) groups excluding carboxylic acids is 1. The van der Waals surface area contributed by atoms with Gasteiger partial charge in [-0.3, -0.25) is 4.79 Å². The van der Waals surface area contributed by atoms with E-state index >= 15 is 0 Å². The van der Waals surface area contributed by atoms with Gasteiger partial charge in [0.15, 0.2) is 5.69 Å². The second kappa shape index (κ2) is 3.51. The van der Waals surface area contributed by atoms with Crippen LogP contribution in [0.2, 0.25) is 5.02 Å². The third-order valence-corrected chi connectivity index (χ3v) is 1.76. The number of aromatic nitrogens is 1. The molecule has 0 radical (unpaired) electrons. The average molecular weight is 216 g/mol. The van der Waals surface area contributed by atoms with E-state index in [0.29, 0.717) is 0 Å². The van der Waals surface area contributed by atoms with Gasteiger partial charge in [-0.15, -0.1) is 0 Å². The lowest BCUT2D eigenvalue weighted by molar-refractivity contribution is 0.0690. The minimum Gasteiger partial charge on any atom is -0.476 e. The van der Waals surface area contributed by atoms with Gasteiger partial charge in [0.25, 0.3) is 5.91 Å². The van der Waals surface area contributed by atoms with Crippen LogP contribution < -0.4 is 11.5 Å². The molecule has 7 heteroatoms. The normalized spacial score (nSPS) is 9.79. The van der Waals surface area contributed by atoms with Crippen molar-refractivity contribution in [3.8, 4) is 0 Å². The maximum absolute atomic E-state index is 10.8. The number of carbonyl (C=O) groups is 2. The van der Waals surface area contributed by atoms with Crippen molar-refractivity contribution in [1.82, 2.24) is 4.98 Å². The van der Waals surface area contributed by atoms with Crippen LogP contribution in [0.3, 0.4) is 0 Å². The van der Waals surface area contributed by atoms with Gasteiger partial charge in [-0.05, 0) is 6.07 Å². The van der Waals surface area contributed by atoms with E-state index in [1.807, 2.05) is 0 Å². The van der Waals surface area contributed by atoms with E-state index in [1.54, 1.807) is 0 Å². The van der Waals surface area contributed by atoms with Crippen LogP contribution in [0.25, 0.3) is 0 Å². The number of nitrogen functional groups attached to an aromatic ring is 1. The molecule has 1 rings (SSSR count). The Hall–Kier alpha value is -1.82. The zero-order valence-corrected chi connectivity index (χ0v) is 7.58. The van der Waals surface area contributed by atoms with Crippen molar-refractivity contribution >= 4 is 29.3 Å². The van der Waals surface area contributed by atoms with Crippen molar-refractivity contribution in [3.05, 3.63) is 22.3 Å². The zero-order valence-electron chi connectivity index (χ0n) is 6.82. The molecule has 0 aliphatic heterocycles. The van der Waals surface area contributed by atoms with E-state index in [1.165, 1.54) is 0 Å². The Labute approximate surface area is 83.5 Å². The highest BCUT2D eigenvalue weighted by Gasteiger charge is 2.16. The Morgan fingerprint density at radius 2 is 2.07 bits per heavy atom. The SMILES string of the molecule is NC(=O)c1cc(Cl)c(C(=O)O)nc1N. The number of nitrogens with two attached hydrogens (primary N) is 2. The van der Waals surface area contributed by atoms with Crippen molar-refractivity contribution in [2.45, 2.75) is 0 Å². The number of halogens is 1. The van der Waals surface area contributed by atoms with Gasteiger partial charge in [-0.25, -0.2) is 9.78 Å². The van der Waals surface area contributed by atoms with Gasteiger partial charge in [0.1, 0.15) is 5.82 Å². The highest BCUT2D eigenvalue weighted by molar-refractivity contribution is 6.33. The number of amides is 1. The zero-order chi connectivity index (χ0) is 10.9. The van der Waals surface area contributed by atoms with E-state index in [2.05, 4.69) is 4.98 Å². The molecule has 0 saturated carbocycles. The predicted octanol–water partition coefficient (Wildman–Crippen LogP) is 0.114. The highest BCUT2D eigenvalue weighted by atomic mass is 35.5. The van der Waals surface area contributed by atoms with Gasteiger partial charge in [-0.2, -0.15) is 0 Å². The first-order valence-electron chi connectivity index (χ1n) is 3.42. The van der Waals surface area contributed by atoms with Crippen LogP contribution in [0.1, 0.15) is 20.8 Å². The van der Waals surface area contributed by atoms with Crippen LogP contribution >= 0.6 is 11.6 Å². The third kappa shape index (κ3) is 1.74. The largest absolute Gasteiger partial charge is 0.476 e. The van der Waals surface area contributed by atoms with E-state index in [-0.39, 0.29) is 16.4 Å². The number of hydrogen-bond acceptors (Lipinski definition) is 4. The number of pyridine rings is 1. The summed E-state index contributed by atoms with van der Waals surface area (Å²) in [6, 6.07) is 1.08. The molecule has 0 aliphatic carbocycles. The van der Waals surface area contributed by atoms with Gasteiger partial charge in [0.05, 0.1) is 10.6 Å². The molecule has 0 aliphatic rings. The predicted molar refractivity (Wildman–Crippen MR) is 49.1 cm³/mol. The Balaban J connectivity index is 3.38. The number of nitrogens with zero attached hydrogens (tertiary/aromatic N) is 1. The summed E-state index contributed by atoms with van der Waals surface area (Å²) in [5, 5.41) is 8.42. The molecule has 1 aromatic heterocycles. The molecule has 0 aromatic carbocycles. The molecule has 6 nitrogen and oxygen atoms in total. The Bertz CT molecular complexity index is 379. The fraction of sp³-hybridized carbons (Fsp3) is 0. The molecule has 1 heterocycles. The second-order valence-electron chi connectivity index (χ2n) is 2.42. The molecule has 14 heavy (non-hydrogen) atoms. The number of hydrogen-bond donors (Lipinski definition) is 3. The van der Waals surface area contributed by atoms with Crippen molar-refractivity contribution in [2.24, 2.45) is 5.73 Å². The summed E-state index contributed by atoms with van der Waals surface area (Å²) < 4.78 is 0. The first kappa shape index (κ1) is 10.3. The lowest BCUT2D eigenvalue weighted by Gasteiger charge is -2.03. The average Bonchev–Trinajstić information content (AvgIpc) is 2.07. The smallest absolute Gasteiger partial charge is 0.356 e. The number of carboxylic acid groups (broad SMARTS) is 1. The molecule has 74 valence electrons. The first-order valence-corrected chi connectivity index (χ1v) is 3.80. The van der Waals surface area contributed by atoms with Crippen molar-refractivity contribution in [2.75, 3.05) is 5.73 Å². The number of aromatic carboxylic acids is 1. The molecular formula is C7H6ClN3O3. The summed E-state index contributed by atoms with van der Waals surface area (Å²) in [4.78, 5) is 24.7. The molecule has 1 amide bonds. The number of anilines is 1. The molecule has 0 bridgehead atoms. The molecule has 0 fully saturated rings. The maximum atomic E-state index is 10.8. The number of rotatable bonds is 2. The lowest BCUT2D eigenvalue weighted by atomic mass is 10.2. The van der Waals surface area contributed by atoms with Gasteiger partial charge in [0.2, 0.25) is 0 Å². The molecule has 0 saturated heterocycles. The van der Waals surface area contributed by atoms with Crippen LogP contribution in [0.4, 0.5) is 5.82 Å². The van der Waals surface area contributed by atoms with Gasteiger partial charge in [0, 0.05) is 0 Å². The fourth-order valence-corrected chi connectivity index (χ4v) is 1.08. The standard InChI is InChI=1S/C7H6ClN3O3/c8-3-1-2(6(10)12)5(9)11-4(3)7(13)14/h1H,(H2,9,11)(H2,10,12)(H,13,14). The van der Waals surface area contributed by atoms with Gasteiger partial charge in [-0.1, -0.05) is 11.6 Å². The van der Waals surface area contributed by atoms with Crippen molar-refractivity contribution in [1.29, 1.82) is 0 Å². The number of carboxylic acids is 1.